The van der Waals surface area contributed by atoms with Crippen LogP contribution < -0.4 is 15.5 Å². The Morgan fingerprint density at radius 1 is 1.38 bits per heavy atom. The number of aromatic nitrogens is 2. The Kier molecular flexibility index (Phi) is 5.50. The summed E-state index contributed by atoms with van der Waals surface area (Å²) in [7, 11) is 0. The smallest absolute Gasteiger partial charge is 0.410 e. The van der Waals surface area contributed by atoms with Crippen molar-refractivity contribution in [2.24, 2.45) is 0 Å². The minimum absolute atomic E-state index is 0.0520. The van der Waals surface area contributed by atoms with Crippen LogP contribution in [0, 0.1) is 0 Å². The predicted octanol–water partition coefficient (Wildman–Crippen LogP) is 0.781. The molecule has 0 unspecified atom stereocenters. The number of amides is 1. The first-order chi connectivity index (χ1) is 13.9. The minimum Gasteiger partial charge on any atom is -0.467 e. The molecule has 2 aliphatic heterocycles. The molecule has 8 nitrogen and oxygen atoms in total. The number of furan rings is 1. The Morgan fingerprint density at radius 2 is 2.17 bits per heavy atom. The van der Waals surface area contributed by atoms with Gasteiger partial charge in [0.15, 0.2) is 6.04 Å². The number of morpholine rings is 1. The SMILES string of the molecule is O=C(NCC[NH+]1CCOCC1)c1cnn2c1N[C@@H](c1ccco1)C[C@@H]2C(F)(F)F. The standard InChI is InChI=1S/C18H22F3N5O3/c19-18(20,21)15-10-13(14-2-1-7-29-14)24-16-12(11-23-26(15)16)17(27)22-3-4-25-5-8-28-9-6-25/h1-2,7,11,13,15,24H,3-6,8-10H2,(H,22,27)/p+1/t13-,15-/m1/s1. The first-order valence-corrected chi connectivity index (χ1v) is 9.57. The van der Waals surface area contributed by atoms with E-state index in [1.807, 2.05) is 0 Å². The third-order valence-electron chi connectivity index (χ3n) is 5.33. The van der Waals surface area contributed by atoms with E-state index in [-0.39, 0.29) is 17.8 Å². The number of fused-ring (bicyclic) bond motifs is 1. The van der Waals surface area contributed by atoms with Gasteiger partial charge in [-0.3, -0.25) is 4.79 Å². The van der Waals surface area contributed by atoms with E-state index in [1.54, 1.807) is 12.1 Å². The van der Waals surface area contributed by atoms with Gasteiger partial charge in [0, 0.05) is 6.42 Å². The molecule has 0 aliphatic carbocycles. The van der Waals surface area contributed by atoms with Crippen LogP contribution in [0.1, 0.15) is 34.6 Å². The molecule has 3 N–H and O–H groups in total. The average molecular weight is 414 g/mol. The maximum atomic E-state index is 13.6. The number of alkyl halides is 3. The fourth-order valence-electron chi connectivity index (χ4n) is 3.76. The lowest BCUT2D eigenvalue weighted by Crippen LogP contribution is -3.14. The summed E-state index contributed by atoms with van der Waals surface area (Å²) in [5, 5.41) is 9.64. The summed E-state index contributed by atoms with van der Waals surface area (Å²) in [6, 6.07) is 0.688. The molecule has 0 radical (unpaired) electrons. The molecule has 29 heavy (non-hydrogen) atoms. The fourth-order valence-corrected chi connectivity index (χ4v) is 3.76. The van der Waals surface area contributed by atoms with Gasteiger partial charge in [-0.05, 0) is 12.1 Å². The van der Waals surface area contributed by atoms with Crippen molar-refractivity contribution in [3.8, 4) is 0 Å². The molecule has 1 saturated heterocycles. The van der Waals surface area contributed by atoms with Crippen molar-refractivity contribution in [1.29, 1.82) is 0 Å². The van der Waals surface area contributed by atoms with Crippen molar-refractivity contribution in [2.75, 3.05) is 44.7 Å². The molecule has 0 saturated carbocycles. The molecular weight excluding hydrogens is 391 g/mol. The average Bonchev–Trinajstić information content (AvgIpc) is 3.37. The Balaban J connectivity index is 1.49. The van der Waals surface area contributed by atoms with Crippen molar-refractivity contribution >= 4 is 11.7 Å². The van der Waals surface area contributed by atoms with E-state index >= 15 is 0 Å². The lowest BCUT2D eigenvalue weighted by Gasteiger charge is -2.32. The van der Waals surface area contributed by atoms with Crippen molar-refractivity contribution < 1.29 is 32.0 Å². The number of rotatable bonds is 5. The monoisotopic (exact) mass is 414 g/mol. The van der Waals surface area contributed by atoms with Gasteiger partial charge in [-0.15, -0.1) is 0 Å². The summed E-state index contributed by atoms with van der Waals surface area (Å²) >= 11 is 0. The second kappa shape index (κ2) is 8.07. The van der Waals surface area contributed by atoms with Gasteiger partial charge in [0.2, 0.25) is 0 Å². The number of nitrogens with zero attached hydrogens (tertiary/aromatic N) is 2. The largest absolute Gasteiger partial charge is 0.467 e. The summed E-state index contributed by atoms with van der Waals surface area (Å²) in [4.78, 5) is 13.9. The molecule has 0 bridgehead atoms. The highest BCUT2D eigenvalue weighted by Crippen LogP contribution is 2.44. The number of carbonyl (C=O) groups excluding carboxylic acids is 1. The molecule has 4 rings (SSSR count). The Labute approximate surface area is 165 Å². The summed E-state index contributed by atoms with van der Waals surface area (Å²) in [6.45, 7) is 4.28. The molecule has 0 spiro atoms. The molecule has 0 aromatic carbocycles. The van der Waals surface area contributed by atoms with Gasteiger partial charge in [-0.25, -0.2) is 4.68 Å². The molecule has 2 atom stereocenters. The van der Waals surface area contributed by atoms with Gasteiger partial charge in [0.05, 0.1) is 44.8 Å². The first kappa shape index (κ1) is 19.8. The molecular formula is C18H23F3N5O3+. The van der Waals surface area contributed by atoms with Gasteiger partial charge < -0.3 is 24.7 Å². The van der Waals surface area contributed by atoms with Crippen LogP contribution >= 0.6 is 0 Å². The van der Waals surface area contributed by atoms with Crippen molar-refractivity contribution in [1.82, 2.24) is 15.1 Å². The van der Waals surface area contributed by atoms with E-state index in [4.69, 9.17) is 9.15 Å². The molecule has 11 heteroatoms. The molecule has 2 aliphatic rings. The van der Waals surface area contributed by atoms with Crippen LogP contribution in [-0.4, -0.2) is 61.3 Å². The number of hydrogen-bond acceptors (Lipinski definition) is 5. The van der Waals surface area contributed by atoms with Crippen LogP contribution in [0.2, 0.25) is 0 Å². The zero-order valence-corrected chi connectivity index (χ0v) is 15.7. The van der Waals surface area contributed by atoms with E-state index in [0.717, 1.165) is 24.3 Å². The molecule has 1 fully saturated rings. The third-order valence-corrected chi connectivity index (χ3v) is 5.33. The maximum absolute atomic E-state index is 13.6. The summed E-state index contributed by atoms with van der Waals surface area (Å²) < 4.78 is 52.3. The van der Waals surface area contributed by atoms with Gasteiger partial charge in [-0.1, -0.05) is 0 Å². The summed E-state index contributed by atoms with van der Waals surface area (Å²) in [5.74, 6) is -0.0161. The number of carbonyl (C=O) groups is 1. The van der Waals surface area contributed by atoms with E-state index in [1.165, 1.54) is 17.4 Å². The van der Waals surface area contributed by atoms with Gasteiger partial charge in [0.25, 0.3) is 5.91 Å². The number of nitrogens with one attached hydrogen (secondary N) is 3. The Bertz CT molecular complexity index is 830. The number of hydrogen-bond donors (Lipinski definition) is 3. The van der Waals surface area contributed by atoms with Crippen LogP contribution in [0.25, 0.3) is 0 Å². The van der Waals surface area contributed by atoms with Crippen LogP contribution in [0.3, 0.4) is 0 Å². The first-order valence-electron chi connectivity index (χ1n) is 9.57. The summed E-state index contributed by atoms with van der Waals surface area (Å²) in [5.41, 5.74) is 0.0903. The molecule has 158 valence electrons. The van der Waals surface area contributed by atoms with Gasteiger partial charge in [0.1, 0.15) is 30.2 Å². The van der Waals surface area contributed by atoms with E-state index < -0.39 is 24.2 Å². The van der Waals surface area contributed by atoms with Crippen LogP contribution in [0.15, 0.2) is 29.0 Å². The fraction of sp³-hybridized carbons (Fsp3) is 0.556. The quantitative estimate of drug-likeness (QED) is 0.674. The number of halogens is 3. The second-order valence-corrected chi connectivity index (χ2v) is 7.23. The zero-order valence-electron chi connectivity index (χ0n) is 15.7. The van der Waals surface area contributed by atoms with Crippen molar-refractivity contribution in [3.05, 3.63) is 35.9 Å². The van der Waals surface area contributed by atoms with Gasteiger partial charge >= 0.3 is 6.18 Å². The number of ether oxygens (including phenoxy) is 1. The minimum atomic E-state index is -4.50. The molecule has 2 aromatic heterocycles. The maximum Gasteiger partial charge on any atom is 0.410 e. The number of quaternary nitrogens is 1. The lowest BCUT2D eigenvalue weighted by atomic mass is 10.0. The highest BCUT2D eigenvalue weighted by molar-refractivity contribution is 5.98. The second-order valence-electron chi connectivity index (χ2n) is 7.23. The van der Waals surface area contributed by atoms with E-state index in [2.05, 4.69) is 15.7 Å². The summed E-state index contributed by atoms with van der Waals surface area (Å²) in [6.07, 6.45) is -2.18. The van der Waals surface area contributed by atoms with E-state index in [0.29, 0.717) is 25.5 Å². The molecule has 4 heterocycles. The van der Waals surface area contributed by atoms with Crippen LogP contribution in [-0.2, 0) is 4.74 Å². The van der Waals surface area contributed by atoms with Crippen molar-refractivity contribution in [2.45, 2.75) is 24.7 Å². The third kappa shape index (κ3) is 4.25. The van der Waals surface area contributed by atoms with E-state index in [9.17, 15) is 18.0 Å². The lowest BCUT2D eigenvalue weighted by molar-refractivity contribution is -0.906. The topological polar surface area (TPSA) is 85.8 Å². The molecule has 2 aromatic rings. The number of anilines is 1. The normalized spacial score (nSPS) is 22.7. The molecule has 1 amide bonds. The van der Waals surface area contributed by atoms with Crippen molar-refractivity contribution in [3.63, 3.8) is 0 Å². The highest BCUT2D eigenvalue weighted by Gasteiger charge is 2.47. The van der Waals surface area contributed by atoms with Gasteiger partial charge in [-0.2, -0.15) is 18.3 Å². The zero-order chi connectivity index (χ0) is 20.4. The van der Waals surface area contributed by atoms with Crippen LogP contribution in [0.4, 0.5) is 19.0 Å². The predicted molar refractivity (Wildman–Crippen MR) is 95.7 cm³/mol. The van der Waals surface area contributed by atoms with Crippen LogP contribution in [0.5, 0.6) is 0 Å². The highest BCUT2D eigenvalue weighted by atomic mass is 19.4. The Hall–Kier alpha value is -2.53. The Morgan fingerprint density at radius 3 is 2.86 bits per heavy atom.